The van der Waals surface area contributed by atoms with Gasteiger partial charge in [0.15, 0.2) is 0 Å². The van der Waals surface area contributed by atoms with E-state index in [9.17, 15) is 4.79 Å². The molecule has 0 saturated heterocycles. The average Bonchev–Trinajstić information content (AvgIpc) is 2.51. The number of carbonyl (C=O) groups is 1. The number of hydrogen-bond acceptors (Lipinski definition) is 2. The molecule has 0 radical (unpaired) electrons. The minimum atomic E-state index is -0.0926. The summed E-state index contributed by atoms with van der Waals surface area (Å²) < 4.78 is 5.41. The van der Waals surface area contributed by atoms with Crippen molar-refractivity contribution in [2.75, 3.05) is 6.61 Å². The van der Waals surface area contributed by atoms with Crippen LogP contribution in [0, 0.1) is 41.4 Å². The molecule has 0 aromatic heterocycles. The predicted octanol–water partition coefficient (Wildman–Crippen LogP) is 4.43. The lowest BCUT2D eigenvalue weighted by molar-refractivity contribution is -0.148. The van der Waals surface area contributed by atoms with Crippen LogP contribution in [0.5, 0.6) is 0 Å². The highest BCUT2D eigenvalue weighted by molar-refractivity contribution is 5.65. The van der Waals surface area contributed by atoms with Gasteiger partial charge in [0.25, 0.3) is 0 Å². The Morgan fingerprint density at radius 3 is 2.19 bits per heavy atom. The van der Waals surface area contributed by atoms with Crippen molar-refractivity contribution in [1.29, 1.82) is 0 Å². The highest BCUT2D eigenvalue weighted by Crippen LogP contribution is 2.60. The van der Waals surface area contributed by atoms with E-state index in [4.69, 9.17) is 4.74 Å². The van der Waals surface area contributed by atoms with E-state index < -0.39 is 0 Å². The Hall–Kier alpha value is -0.530. The maximum absolute atomic E-state index is 11.2. The topological polar surface area (TPSA) is 26.3 Å². The summed E-state index contributed by atoms with van der Waals surface area (Å²) in [5.74, 6) is 6.55. The Kier molecular flexibility index (Phi) is 3.75. The van der Waals surface area contributed by atoms with Crippen molar-refractivity contribution in [1.82, 2.24) is 0 Å². The van der Waals surface area contributed by atoms with Gasteiger partial charge in [-0.3, -0.25) is 4.79 Å². The lowest BCUT2D eigenvalue weighted by atomic mass is 9.46. The summed E-state index contributed by atoms with van der Waals surface area (Å²) in [6.07, 6.45) is 13.1. The quantitative estimate of drug-likeness (QED) is 0.703. The van der Waals surface area contributed by atoms with Crippen molar-refractivity contribution in [3.63, 3.8) is 0 Å². The molecule has 21 heavy (non-hydrogen) atoms. The van der Waals surface area contributed by atoms with E-state index in [1.807, 2.05) is 0 Å². The van der Waals surface area contributed by atoms with Crippen molar-refractivity contribution >= 4 is 5.97 Å². The lowest BCUT2D eigenvalue weighted by Crippen LogP contribution is -2.52. The van der Waals surface area contributed by atoms with Crippen molar-refractivity contribution in [2.45, 2.75) is 64.7 Å². The standard InChI is InChI=1S/C19H30O2/c1-12(20)21-11-16-8-7-15-6-5-13-3-2-4-14-9-10-17(16)19(15)18(13)14/h13-19H,2-11H2,1H3. The van der Waals surface area contributed by atoms with Gasteiger partial charge in [0, 0.05) is 6.92 Å². The van der Waals surface area contributed by atoms with Crippen LogP contribution < -0.4 is 0 Å². The molecule has 4 fully saturated rings. The summed E-state index contributed by atoms with van der Waals surface area (Å²) in [6, 6.07) is 0. The third-order valence-electron chi connectivity index (χ3n) is 7.52. The van der Waals surface area contributed by atoms with Crippen LogP contribution in [-0.4, -0.2) is 12.6 Å². The van der Waals surface area contributed by atoms with Crippen molar-refractivity contribution < 1.29 is 9.53 Å². The van der Waals surface area contributed by atoms with E-state index in [2.05, 4.69) is 0 Å². The Morgan fingerprint density at radius 2 is 1.48 bits per heavy atom. The summed E-state index contributed by atoms with van der Waals surface area (Å²) in [5, 5.41) is 0. The number of esters is 1. The predicted molar refractivity (Wildman–Crippen MR) is 82.6 cm³/mol. The number of carbonyl (C=O) groups excluding carboxylic acids is 1. The molecule has 2 nitrogen and oxygen atoms in total. The molecule has 4 rings (SSSR count). The molecule has 2 heteroatoms. The summed E-state index contributed by atoms with van der Waals surface area (Å²) in [4.78, 5) is 11.2. The Morgan fingerprint density at radius 1 is 0.857 bits per heavy atom. The molecule has 118 valence electrons. The normalized spacial score (nSPS) is 48.3. The first-order valence-electron chi connectivity index (χ1n) is 9.37. The summed E-state index contributed by atoms with van der Waals surface area (Å²) >= 11 is 0. The van der Waals surface area contributed by atoms with E-state index in [1.165, 1.54) is 57.8 Å². The van der Waals surface area contributed by atoms with Gasteiger partial charge in [0.05, 0.1) is 6.61 Å². The molecule has 7 unspecified atom stereocenters. The van der Waals surface area contributed by atoms with Gasteiger partial charge in [-0.15, -0.1) is 0 Å². The molecule has 0 spiro atoms. The highest BCUT2D eigenvalue weighted by Gasteiger charge is 2.53. The van der Waals surface area contributed by atoms with E-state index in [1.54, 1.807) is 6.92 Å². The first kappa shape index (κ1) is 14.1. The largest absolute Gasteiger partial charge is 0.466 e. The van der Waals surface area contributed by atoms with E-state index in [0.717, 1.165) is 35.5 Å². The van der Waals surface area contributed by atoms with Crippen LogP contribution in [0.25, 0.3) is 0 Å². The summed E-state index contributed by atoms with van der Waals surface area (Å²) in [5.41, 5.74) is 0. The molecule has 4 aliphatic rings. The Balaban J connectivity index is 1.54. The SMILES string of the molecule is CC(=O)OCC1CCC2CCC3CCCC4CCC1C2C34. The molecule has 0 amide bonds. The summed E-state index contributed by atoms with van der Waals surface area (Å²) in [6.45, 7) is 2.26. The molecular weight excluding hydrogens is 260 g/mol. The van der Waals surface area contributed by atoms with Crippen molar-refractivity contribution in [3.05, 3.63) is 0 Å². The minimum Gasteiger partial charge on any atom is -0.466 e. The molecule has 0 aromatic rings. The zero-order valence-corrected chi connectivity index (χ0v) is 13.4. The van der Waals surface area contributed by atoms with Crippen LogP contribution in [0.1, 0.15) is 64.7 Å². The molecule has 0 aromatic carbocycles. The highest BCUT2D eigenvalue weighted by atomic mass is 16.5. The van der Waals surface area contributed by atoms with Gasteiger partial charge in [0.2, 0.25) is 0 Å². The monoisotopic (exact) mass is 290 g/mol. The van der Waals surface area contributed by atoms with Gasteiger partial charge in [-0.25, -0.2) is 0 Å². The average molecular weight is 290 g/mol. The smallest absolute Gasteiger partial charge is 0.302 e. The first-order valence-corrected chi connectivity index (χ1v) is 9.37. The van der Waals surface area contributed by atoms with Crippen LogP contribution in [0.15, 0.2) is 0 Å². The molecule has 0 aliphatic heterocycles. The third kappa shape index (κ3) is 2.43. The van der Waals surface area contributed by atoms with Crippen molar-refractivity contribution in [3.8, 4) is 0 Å². The second-order valence-corrected chi connectivity index (χ2v) is 8.32. The molecule has 0 bridgehead atoms. The van der Waals surface area contributed by atoms with Gasteiger partial charge in [-0.1, -0.05) is 19.3 Å². The lowest BCUT2D eigenvalue weighted by Gasteiger charge is -2.59. The molecule has 0 N–H and O–H groups in total. The van der Waals surface area contributed by atoms with Crippen LogP contribution in [0.3, 0.4) is 0 Å². The van der Waals surface area contributed by atoms with Crippen LogP contribution in [0.2, 0.25) is 0 Å². The van der Waals surface area contributed by atoms with E-state index >= 15 is 0 Å². The summed E-state index contributed by atoms with van der Waals surface area (Å²) in [7, 11) is 0. The molecule has 0 heterocycles. The zero-order chi connectivity index (χ0) is 14.4. The minimum absolute atomic E-state index is 0.0926. The zero-order valence-electron chi connectivity index (χ0n) is 13.4. The fourth-order valence-electron chi connectivity index (χ4n) is 6.84. The molecule has 7 atom stereocenters. The number of ether oxygens (including phenoxy) is 1. The van der Waals surface area contributed by atoms with Gasteiger partial charge in [0.1, 0.15) is 0 Å². The second kappa shape index (κ2) is 5.59. The molecular formula is C19H30O2. The second-order valence-electron chi connectivity index (χ2n) is 8.32. The van der Waals surface area contributed by atoms with Gasteiger partial charge in [-0.2, -0.15) is 0 Å². The van der Waals surface area contributed by atoms with Crippen LogP contribution in [-0.2, 0) is 9.53 Å². The fraction of sp³-hybridized carbons (Fsp3) is 0.947. The maximum atomic E-state index is 11.2. The Bertz CT molecular complexity index is 398. The van der Waals surface area contributed by atoms with E-state index in [-0.39, 0.29) is 5.97 Å². The van der Waals surface area contributed by atoms with Gasteiger partial charge < -0.3 is 4.74 Å². The van der Waals surface area contributed by atoms with Crippen LogP contribution >= 0.6 is 0 Å². The fourth-order valence-corrected chi connectivity index (χ4v) is 6.84. The maximum Gasteiger partial charge on any atom is 0.302 e. The molecule has 4 saturated carbocycles. The number of rotatable bonds is 2. The Labute approximate surface area is 129 Å². The first-order chi connectivity index (χ1) is 10.2. The van der Waals surface area contributed by atoms with Crippen molar-refractivity contribution in [2.24, 2.45) is 41.4 Å². The number of hydrogen-bond donors (Lipinski definition) is 0. The molecule has 4 aliphatic carbocycles. The van der Waals surface area contributed by atoms with Gasteiger partial charge >= 0.3 is 5.97 Å². The third-order valence-corrected chi connectivity index (χ3v) is 7.52. The van der Waals surface area contributed by atoms with Crippen LogP contribution in [0.4, 0.5) is 0 Å². The van der Waals surface area contributed by atoms with E-state index in [0.29, 0.717) is 12.5 Å². The van der Waals surface area contributed by atoms with Gasteiger partial charge in [-0.05, 0) is 80.0 Å².